The summed E-state index contributed by atoms with van der Waals surface area (Å²) in [6.07, 6.45) is 9.00. The maximum absolute atomic E-state index is 12.4. The fourth-order valence-corrected chi connectivity index (χ4v) is 3.16. The summed E-state index contributed by atoms with van der Waals surface area (Å²) in [6.45, 7) is 5.02. The molecule has 0 bridgehead atoms. The maximum atomic E-state index is 12.4. The zero-order chi connectivity index (χ0) is 15.1. The van der Waals surface area contributed by atoms with E-state index < -0.39 is 0 Å². The van der Waals surface area contributed by atoms with E-state index in [2.05, 4.69) is 22.5 Å². The summed E-state index contributed by atoms with van der Waals surface area (Å²) in [7, 11) is 0. The normalized spacial score (nSPS) is 21.8. The molecule has 116 valence electrons. The highest BCUT2D eigenvalue weighted by molar-refractivity contribution is 5.98. The lowest BCUT2D eigenvalue weighted by atomic mass is 9.83. The lowest BCUT2D eigenvalue weighted by Gasteiger charge is -2.29. The Balaban J connectivity index is 1.90. The molecule has 1 saturated carbocycles. The number of carbonyl (C=O) groups is 1. The number of pyridine rings is 1. The van der Waals surface area contributed by atoms with Crippen molar-refractivity contribution < 1.29 is 4.79 Å². The van der Waals surface area contributed by atoms with Crippen LogP contribution in [0.1, 0.15) is 62.7 Å². The molecule has 2 rings (SSSR count). The Morgan fingerprint density at radius 2 is 2.05 bits per heavy atom. The summed E-state index contributed by atoms with van der Waals surface area (Å²) >= 11 is 0. The van der Waals surface area contributed by atoms with Crippen LogP contribution in [0.2, 0.25) is 0 Å². The summed E-state index contributed by atoms with van der Waals surface area (Å²) in [4.78, 5) is 16.7. The van der Waals surface area contributed by atoms with E-state index in [0.29, 0.717) is 17.4 Å². The summed E-state index contributed by atoms with van der Waals surface area (Å²) in [5.41, 5.74) is 0.648. The molecule has 1 aliphatic rings. The lowest BCUT2D eigenvalue weighted by molar-refractivity contribution is 0.0921. The number of rotatable bonds is 6. The van der Waals surface area contributed by atoms with Crippen LogP contribution in [0.25, 0.3) is 0 Å². The average molecular weight is 289 g/mol. The average Bonchev–Trinajstić information content (AvgIpc) is 2.50. The van der Waals surface area contributed by atoms with E-state index in [1.807, 2.05) is 19.1 Å². The minimum absolute atomic E-state index is 0.00186. The van der Waals surface area contributed by atoms with E-state index in [0.717, 1.165) is 25.3 Å². The van der Waals surface area contributed by atoms with Gasteiger partial charge < -0.3 is 10.6 Å². The number of amides is 1. The molecule has 0 radical (unpaired) electrons. The van der Waals surface area contributed by atoms with Gasteiger partial charge >= 0.3 is 0 Å². The van der Waals surface area contributed by atoms with Gasteiger partial charge in [-0.05, 0) is 50.7 Å². The van der Waals surface area contributed by atoms with Crippen LogP contribution in [0.3, 0.4) is 0 Å². The largest absolute Gasteiger partial charge is 0.370 e. The number of anilines is 1. The number of nitrogens with zero attached hydrogens (tertiary/aromatic N) is 1. The van der Waals surface area contributed by atoms with Crippen LogP contribution >= 0.6 is 0 Å². The Labute approximate surface area is 127 Å². The third kappa shape index (κ3) is 4.45. The molecule has 1 aliphatic carbocycles. The molecule has 1 aromatic rings. The van der Waals surface area contributed by atoms with Gasteiger partial charge in [-0.3, -0.25) is 4.79 Å². The molecular weight excluding hydrogens is 262 g/mol. The minimum atomic E-state index is -0.00186. The highest BCUT2D eigenvalue weighted by Gasteiger charge is 2.23. The van der Waals surface area contributed by atoms with E-state index in [1.54, 1.807) is 6.20 Å². The van der Waals surface area contributed by atoms with Crippen molar-refractivity contribution in [2.45, 2.75) is 58.4 Å². The van der Waals surface area contributed by atoms with Crippen LogP contribution in [-0.2, 0) is 0 Å². The summed E-state index contributed by atoms with van der Waals surface area (Å²) in [6, 6.07) is 3.97. The first-order valence-electron chi connectivity index (χ1n) is 8.24. The second-order valence-electron chi connectivity index (χ2n) is 5.91. The number of carbonyl (C=O) groups excluding carboxylic acids is 1. The second-order valence-corrected chi connectivity index (χ2v) is 5.91. The van der Waals surface area contributed by atoms with Crippen LogP contribution in [0, 0.1) is 5.92 Å². The molecule has 2 N–H and O–H groups in total. The van der Waals surface area contributed by atoms with Crippen molar-refractivity contribution in [1.82, 2.24) is 10.3 Å². The lowest BCUT2D eigenvalue weighted by Crippen LogP contribution is -2.38. The Bertz CT molecular complexity index is 453. The molecule has 0 aliphatic heterocycles. The van der Waals surface area contributed by atoms with Crippen molar-refractivity contribution in [3.63, 3.8) is 0 Å². The van der Waals surface area contributed by atoms with Crippen molar-refractivity contribution in [2.75, 3.05) is 11.9 Å². The molecule has 4 heteroatoms. The SMILES string of the molecule is CCCC1CCC(NC(=O)c2cccnc2NCC)CC1. The summed E-state index contributed by atoms with van der Waals surface area (Å²) in [5.74, 6) is 1.54. The predicted octanol–water partition coefficient (Wildman–Crippen LogP) is 3.60. The molecule has 0 aromatic carbocycles. The fourth-order valence-electron chi connectivity index (χ4n) is 3.16. The van der Waals surface area contributed by atoms with Gasteiger partial charge in [0.2, 0.25) is 0 Å². The minimum Gasteiger partial charge on any atom is -0.370 e. The molecule has 1 heterocycles. The van der Waals surface area contributed by atoms with Gasteiger partial charge in [-0.1, -0.05) is 19.8 Å². The first-order chi connectivity index (χ1) is 10.2. The van der Waals surface area contributed by atoms with Gasteiger partial charge in [0.1, 0.15) is 5.82 Å². The van der Waals surface area contributed by atoms with Gasteiger partial charge in [-0.15, -0.1) is 0 Å². The van der Waals surface area contributed by atoms with Crippen LogP contribution in [0.4, 0.5) is 5.82 Å². The Kier molecular flexibility index (Phi) is 6.03. The van der Waals surface area contributed by atoms with Gasteiger partial charge in [0.15, 0.2) is 0 Å². The molecule has 0 spiro atoms. The fraction of sp³-hybridized carbons (Fsp3) is 0.647. The van der Waals surface area contributed by atoms with Crippen molar-refractivity contribution in [2.24, 2.45) is 5.92 Å². The van der Waals surface area contributed by atoms with Gasteiger partial charge in [-0.2, -0.15) is 0 Å². The summed E-state index contributed by atoms with van der Waals surface area (Å²) < 4.78 is 0. The number of hydrogen-bond acceptors (Lipinski definition) is 3. The molecule has 4 nitrogen and oxygen atoms in total. The highest BCUT2D eigenvalue weighted by atomic mass is 16.1. The van der Waals surface area contributed by atoms with Gasteiger partial charge in [-0.25, -0.2) is 4.98 Å². The molecule has 0 unspecified atom stereocenters. The number of nitrogens with one attached hydrogen (secondary N) is 2. The number of hydrogen-bond donors (Lipinski definition) is 2. The summed E-state index contributed by atoms with van der Waals surface area (Å²) in [5, 5.41) is 6.32. The van der Waals surface area contributed by atoms with E-state index >= 15 is 0 Å². The monoisotopic (exact) mass is 289 g/mol. The molecule has 0 saturated heterocycles. The predicted molar refractivity (Wildman–Crippen MR) is 86.5 cm³/mol. The van der Waals surface area contributed by atoms with Gasteiger partial charge in [0.05, 0.1) is 5.56 Å². The number of aromatic nitrogens is 1. The molecule has 0 atom stereocenters. The standard InChI is InChI=1S/C17H27N3O/c1-3-6-13-8-10-14(11-9-13)20-17(21)15-7-5-12-19-16(15)18-4-2/h5,7,12-14H,3-4,6,8-11H2,1-2H3,(H,18,19)(H,20,21). The van der Waals surface area contributed by atoms with Crippen molar-refractivity contribution in [3.8, 4) is 0 Å². The van der Waals surface area contributed by atoms with E-state index in [9.17, 15) is 4.79 Å². The van der Waals surface area contributed by atoms with Crippen LogP contribution in [0.5, 0.6) is 0 Å². The second kappa shape index (κ2) is 8.01. The highest BCUT2D eigenvalue weighted by Crippen LogP contribution is 2.28. The molecule has 1 aromatic heterocycles. The first-order valence-corrected chi connectivity index (χ1v) is 8.24. The smallest absolute Gasteiger partial charge is 0.255 e. The van der Waals surface area contributed by atoms with Gasteiger partial charge in [0, 0.05) is 18.8 Å². The van der Waals surface area contributed by atoms with Crippen LogP contribution in [-0.4, -0.2) is 23.5 Å². The van der Waals surface area contributed by atoms with E-state index in [4.69, 9.17) is 0 Å². The third-order valence-corrected chi connectivity index (χ3v) is 4.28. The zero-order valence-corrected chi connectivity index (χ0v) is 13.2. The van der Waals surface area contributed by atoms with Crippen molar-refractivity contribution >= 4 is 11.7 Å². The topological polar surface area (TPSA) is 54.0 Å². The van der Waals surface area contributed by atoms with Gasteiger partial charge in [0.25, 0.3) is 5.91 Å². The van der Waals surface area contributed by atoms with E-state index in [1.165, 1.54) is 25.7 Å². The molecular formula is C17H27N3O. The third-order valence-electron chi connectivity index (χ3n) is 4.28. The van der Waals surface area contributed by atoms with Crippen LogP contribution in [0.15, 0.2) is 18.3 Å². The maximum Gasteiger partial charge on any atom is 0.255 e. The van der Waals surface area contributed by atoms with Crippen molar-refractivity contribution in [1.29, 1.82) is 0 Å². The Hall–Kier alpha value is -1.58. The molecule has 1 amide bonds. The van der Waals surface area contributed by atoms with E-state index in [-0.39, 0.29) is 5.91 Å². The quantitative estimate of drug-likeness (QED) is 0.841. The Morgan fingerprint density at radius 3 is 2.71 bits per heavy atom. The van der Waals surface area contributed by atoms with Crippen molar-refractivity contribution in [3.05, 3.63) is 23.9 Å². The first kappa shape index (κ1) is 15.8. The molecule has 21 heavy (non-hydrogen) atoms. The Morgan fingerprint density at radius 1 is 1.29 bits per heavy atom. The zero-order valence-electron chi connectivity index (χ0n) is 13.2. The molecule has 1 fully saturated rings. The van der Waals surface area contributed by atoms with Crippen LogP contribution < -0.4 is 10.6 Å².